The van der Waals surface area contributed by atoms with E-state index in [1.54, 1.807) is 12.1 Å². The summed E-state index contributed by atoms with van der Waals surface area (Å²) in [5, 5.41) is 14.1. The van der Waals surface area contributed by atoms with Gasteiger partial charge in [0.15, 0.2) is 5.75 Å². The smallest absolute Gasteiger partial charge is 0.311 e. The van der Waals surface area contributed by atoms with Gasteiger partial charge in [-0.15, -0.1) is 0 Å². The second-order valence-corrected chi connectivity index (χ2v) is 4.12. The standard InChI is InChI=1S/C11H14N2O3/c1-7(2)16-11-4-9-6-12-5-8(9)3-10(11)13(14)15/h3-4,7,12H,5-6H2,1-2H3. The van der Waals surface area contributed by atoms with Gasteiger partial charge in [-0.05, 0) is 31.0 Å². The summed E-state index contributed by atoms with van der Waals surface area (Å²) in [6.45, 7) is 5.16. The van der Waals surface area contributed by atoms with Crippen LogP contribution in [0.2, 0.25) is 0 Å². The molecule has 86 valence electrons. The third-order valence-corrected chi connectivity index (χ3v) is 2.47. The Bertz CT molecular complexity index is 429. The fraction of sp³-hybridized carbons (Fsp3) is 0.455. The van der Waals surface area contributed by atoms with Crippen LogP contribution in [-0.2, 0) is 13.1 Å². The second-order valence-electron chi connectivity index (χ2n) is 4.12. The Kier molecular flexibility index (Phi) is 2.78. The highest BCUT2D eigenvalue weighted by Crippen LogP contribution is 2.33. The highest BCUT2D eigenvalue weighted by atomic mass is 16.6. The molecular weight excluding hydrogens is 208 g/mol. The first-order valence-corrected chi connectivity index (χ1v) is 5.25. The lowest BCUT2D eigenvalue weighted by Crippen LogP contribution is -2.08. The maximum absolute atomic E-state index is 10.9. The Hall–Kier alpha value is -1.62. The van der Waals surface area contributed by atoms with Crippen LogP contribution in [-0.4, -0.2) is 11.0 Å². The lowest BCUT2D eigenvalue weighted by Gasteiger charge is -2.11. The Labute approximate surface area is 93.6 Å². The molecule has 1 aromatic carbocycles. The Morgan fingerprint density at radius 3 is 2.56 bits per heavy atom. The number of nitrogens with one attached hydrogen (secondary N) is 1. The summed E-state index contributed by atoms with van der Waals surface area (Å²) in [6.07, 6.45) is -0.0638. The van der Waals surface area contributed by atoms with Crippen molar-refractivity contribution < 1.29 is 9.66 Å². The van der Waals surface area contributed by atoms with E-state index in [-0.39, 0.29) is 11.8 Å². The molecule has 0 radical (unpaired) electrons. The minimum absolute atomic E-state index is 0.0520. The zero-order valence-corrected chi connectivity index (χ0v) is 9.32. The highest BCUT2D eigenvalue weighted by Gasteiger charge is 2.22. The van der Waals surface area contributed by atoms with E-state index in [0.29, 0.717) is 12.3 Å². The molecule has 0 aromatic heterocycles. The van der Waals surface area contributed by atoms with Crippen molar-refractivity contribution in [3.63, 3.8) is 0 Å². The van der Waals surface area contributed by atoms with E-state index in [1.165, 1.54) is 0 Å². The molecule has 0 aliphatic carbocycles. The average Bonchev–Trinajstić information content (AvgIpc) is 2.62. The minimum atomic E-state index is -0.393. The molecule has 16 heavy (non-hydrogen) atoms. The number of ether oxygens (including phenoxy) is 1. The third kappa shape index (κ3) is 1.99. The highest BCUT2D eigenvalue weighted by molar-refractivity contribution is 5.53. The summed E-state index contributed by atoms with van der Waals surface area (Å²) in [5.74, 6) is 0.363. The van der Waals surface area contributed by atoms with Gasteiger partial charge in [-0.1, -0.05) is 0 Å². The lowest BCUT2D eigenvalue weighted by molar-refractivity contribution is -0.386. The molecule has 0 fully saturated rings. The summed E-state index contributed by atoms with van der Waals surface area (Å²) in [4.78, 5) is 10.5. The summed E-state index contributed by atoms with van der Waals surface area (Å²) in [7, 11) is 0. The van der Waals surface area contributed by atoms with Crippen LogP contribution in [0.4, 0.5) is 5.69 Å². The molecule has 0 saturated carbocycles. The number of nitro benzene ring substituents is 1. The van der Waals surface area contributed by atoms with E-state index in [9.17, 15) is 10.1 Å². The van der Waals surface area contributed by atoms with Gasteiger partial charge in [0.2, 0.25) is 0 Å². The van der Waals surface area contributed by atoms with Gasteiger partial charge in [0.25, 0.3) is 0 Å². The third-order valence-electron chi connectivity index (χ3n) is 2.47. The van der Waals surface area contributed by atoms with Crippen LogP contribution in [0.1, 0.15) is 25.0 Å². The van der Waals surface area contributed by atoms with Gasteiger partial charge in [0.05, 0.1) is 11.0 Å². The van der Waals surface area contributed by atoms with Crippen molar-refractivity contribution in [1.29, 1.82) is 0 Å². The van der Waals surface area contributed by atoms with Gasteiger partial charge in [-0.25, -0.2) is 0 Å². The molecule has 0 saturated heterocycles. The van der Waals surface area contributed by atoms with Crippen molar-refractivity contribution in [2.45, 2.75) is 33.0 Å². The van der Waals surface area contributed by atoms with E-state index in [2.05, 4.69) is 5.32 Å². The van der Waals surface area contributed by atoms with Crippen LogP contribution in [0.15, 0.2) is 12.1 Å². The normalized spacial score (nSPS) is 13.9. The molecule has 5 nitrogen and oxygen atoms in total. The van der Waals surface area contributed by atoms with Gasteiger partial charge in [-0.2, -0.15) is 0 Å². The number of nitrogens with zero attached hydrogens (tertiary/aromatic N) is 1. The minimum Gasteiger partial charge on any atom is -0.484 e. The molecule has 2 rings (SSSR count). The van der Waals surface area contributed by atoms with E-state index >= 15 is 0 Å². The number of rotatable bonds is 3. The van der Waals surface area contributed by atoms with E-state index < -0.39 is 4.92 Å². The first-order chi connectivity index (χ1) is 7.58. The first-order valence-electron chi connectivity index (χ1n) is 5.25. The van der Waals surface area contributed by atoms with Crippen molar-refractivity contribution in [2.75, 3.05) is 0 Å². The zero-order chi connectivity index (χ0) is 11.7. The van der Waals surface area contributed by atoms with Crippen LogP contribution < -0.4 is 10.1 Å². The Balaban J connectivity index is 2.44. The van der Waals surface area contributed by atoms with Gasteiger partial charge < -0.3 is 10.1 Å². The van der Waals surface area contributed by atoms with Crippen molar-refractivity contribution in [3.05, 3.63) is 33.4 Å². The molecule has 0 spiro atoms. The molecule has 1 N–H and O–H groups in total. The molecule has 0 amide bonds. The van der Waals surface area contributed by atoms with Crippen molar-refractivity contribution in [2.24, 2.45) is 0 Å². The maximum Gasteiger partial charge on any atom is 0.311 e. The summed E-state index contributed by atoms with van der Waals surface area (Å²) < 4.78 is 5.46. The molecule has 0 atom stereocenters. The quantitative estimate of drug-likeness (QED) is 0.627. The Morgan fingerprint density at radius 2 is 2.00 bits per heavy atom. The van der Waals surface area contributed by atoms with Crippen molar-refractivity contribution in [3.8, 4) is 5.75 Å². The number of hydrogen-bond acceptors (Lipinski definition) is 4. The van der Waals surface area contributed by atoms with E-state index in [1.807, 2.05) is 13.8 Å². The topological polar surface area (TPSA) is 64.4 Å². The number of benzene rings is 1. The van der Waals surface area contributed by atoms with Gasteiger partial charge >= 0.3 is 5.69 Å². The summed E-state index contributed by atoms with van der Waals surface area (Å²) in [5.41, 5.74) is 2.13. The zero-order valence-electron chi connectivity index (χ0n) is 9.32. The Morgan fingerprint density at radius 1 is 1.38 bits per heavy atom. The molecule has 1 aliphatic heterocycles. The predicted octanol–water partition coefficient (Wildman–Crippen LogP) is 1.99. The molecule has 1 aliphatic rings. The van der Waals surface area contributed by atoms with Crippen LogP contribution in [0.5, 0.6) is 5.75 Å². The van der Waals surface area contributed by atoms with Crippen LogP contribution in [0.25, 0.3) is 0 Å². The predicted molar refractivity (Wildman–Crippen MR) is 59.4 cm³/mol. The van der Waals surface area contributed by atoms with E-state index in [0.717, 1.165) is 17.7 Å². The monoisotopic (exact) mass is 222 g/mol. The molecule has 0 unspecified atom stereocenters. The first kappa shape index (κ1) is 10.9. The van der Waals surface area contributed by atoms with E-state index in [4.69, 9.17) is 4.74 Å². The summed E-state index contributed by atoms with van der Waals surface area (Å²) >= 11 is 0. The molecule has 1 heterocycles. The SMILES string of the molecule is CC(C)Oc1cc2c(cc1[N+](=O)[O-])CNC2. The number of hydrogen-bond donors (Lipinski definition) is 1. The van der Waals surface area contributed by atoms with Crippen LogP contribution in [0, 0.1) is 10.1 Å². The second kappa shape index (κ2) is 4.09. The lowest BCUT2D eigenvalue weighted by atomic mass is 10.1. The van der Waals surface area contributed by atoms with Crippen LogP contribution >= 0.6 is 0 Å². The van der Waals surface area contributed by atoms with Crippen molar-refractivity contribution in [1.82, 2.24) is 5.32 Å². The molecule has 0 bridgehead atoms. The van der Waals surface area contributed by atoms with Gasteiger partial charge in [0.1, 0.15) is 0 Å². The van der Waals surface area contributed by atoms with Gasteiger partial charge in [-0.3, -0.25) is 10.1 Å². The molecular formula is C11H14N2O3. The summed E-state index contributed by atoms with van der Waals surface area (Å²) in [6, 6.07) is 3.38. The maximum atomic E-state index is 10.9. The fourth-order valence-electron chi connectivity index (χ4n) is 1.81. The largest absolute Gasteiger partial charge is 0.484 e. The fourth-order valence-corrected chi connectivity index (χ4v) is 1.81. The number of nitro groups is 1. The average molecular weight is 222 g/mol. The van der Waals surface area contributed by atoms with Crippen molar-refractivity contribution >= 4 is 5.69 Å². The van der Waals surface area contributed by atoms with Crippen LogP contribution in [0.3, 0.4) is 0 Å². The van der Waals surface area contributed by atoms with Gasteiger partial charge in [0, 0.05) is 19.2 Å². The molecule has 5 heteroatoms. The molecule has 1 aromatic rings. The number of fused-ring (bicyclic) bond motifs is 1.